The lowest BCUT2D eigenvalue weighted by Crippen LogP contribution is -2.20. The minimum Gasteiger partial charge on any atom is -0.486 e. The zero-order chi connectivity index (χ0) is 20.7. The minimum atomic E-state index is -3.95. The van der Waals surface area contributed by atoms with Crippen LogP contribution in [0.5, 0.6) is 11.5 Å². The highest BCUT2D eigenvalue weighted by Gasteiger charge is 2.33. The third-order valence-corrected chi connectivity index (χ3v) is 7.01. The van der Waals surface area contributed by atoms with Crippen LogP contribution in [0.25, 0.3) is 11.5 Å². The quantitative estimate of drug-likeness (QED) is 0.594. The SMILES string of the molecule is O=S(=O)(c1ccc2c(c1)OCCO2)c1nc(-c2cccc(Cl)c2)oc1N1CCCC1. The predicted molar refractivity (Wildman–Crippen MR) is 111 cm³/mol. The number of oxazole rings is 1. The van der Waals surface area contributed by atoms with Gasteiger partial charge in [-0.3, -0.25) is 0 Å². The molecule has 0 amide bonds. The number of sulfone groups is 1. The van der Waals surface area contributed by atoms with Gasteiger partial charge in [-0.15, -0.1) is 0 Å². The first kappa shape index (κ1) is 19.3. The summed E-state index contributed by atoms with van der Waals surface area (Å²) >= 11 is 6.10. The van der Waals surface area contributed by atoms with Gasteiger partial charge < -0.3 is 18.8 Å². The highest BCUT2D eigenvalue weighted by molar-refractivity contribution is 7.91. The number of benzene rings is 2. The molecule has 2 aliphatic rings. The Morgan fingerprint density at radius 1 is 0.967 bits per heavy atom. The highest BCUT2D eigenvalue weighted by atomic mass is 35.5. The number of fused-ring (bicyclic) bond motifs is 1. The van der Waals surface area contributed by atoms with Gasteiger partial charge in [-0.2, -0.15) is 4.98 Å². The van der Waals surface area contributed by atoms with Crippen LogP contribution in [0.15, 0.2) is 56.8 Å². The third-order valence-electron chi connectivity index (χ3n) is 5.12. The summed E-state index contributed by atoms with van der Waals surface area (Å²) in [6.07, 6.45) is 1.94. The predicted octanol–water partition coefficient (Wildman–Crippen LogP) is 4.20. The molecule has 3 heterocycles. The molecule has 5 rings (SSSR count). The summed E-state index contributed by atoms with van der Waals surface area (Å²) in [5, 5.41) is 0.417. The van der Waals surface area contributed by atoms with E-state index in [0.717, 1.165) is 12.8 Å². The lowest BCUT2D eigenvalue weighted by Gasteiger charge is -2.19. The molecule has 0 bridgehead atoms. The molecule has 7 nitrogen and oxygen atoms in total. The molecule has 156 valence electrons. The Balaban J connectivity index is 1.63. The molecule has 1 aromatic heterocycles. The van der Waals surface area contributed by atoms with Gasteiger partial charge in [0, 0.05) is 29.7 Å². The Kier molecular flexibility index (Phi) is 4.83. The van der Waals surface area contributed by atoms with E-state index in [4.69, 9.17) is 25.5 Å². The second kappa shape index (κ2) is 7.52. The van der Waals surface area contributed by atoms with Gasteiger partial charge in [0.15, 0.2) is 11.5 Å². The Morgan fingerprint density at radius 2 is 1.73 bits per heavy atom. The van der Waals surface area contributed by atoms with E-state index < -0.39 is 9.84 Å². The molecule has 9 heteroatoms. The summed E-state index contributed by atoms with van der Waals surface area (Å²) in [6, 6.07) is 11.6. The smallest absolute Gasteiger partial charge is 0.236 e. The maximum atomic E-state index is 13.5. The average Bonchev–Trinajstić information content (AvgIpc) is 3.43. The second-order valence-electron chi connectivity index (χ2n) is 7.14. The summed E-state index contributed by atoms with van der Waals surface area (Å²) in [4.78, 5) is 6.40. The summed E-state index contributed by atoms with van der Waals surface area (Å²) in [6.45, 7) is 2.24. The van der Waals surface area contributed by atoms with Crippen molar-refractivity contribution in [3.05, 3.63) is 47.5 Å². The minimum absolute atomic E-state index is 0.0816. The summed E-state index contributed by atoms with van der Waals surface area (Å²) < 4.78 is 44.1. The van der Waals surface area contributed by atoms with Crippen molar-refractivity contribution < 1.29 is 22.3 Å². The number of anilines is 1. The summed E-state index contributed by atoms with van der Waals surface area (Å²) in [5.74, 6) is 1.41. The molecule has 2 aromatic carbocycles. The zero-order valence-electron chi connectivity index (χ0n) is 16.0. The molecule has 1 fully saturated rings. The maximum absolute atomic E-state index is 13.5. The molecule has 3 aromatic rings. The van der Waals surface area contributed by atoms with Crippen LogP contribution < -0.4 is 14.4 Å². The standard InChI is InChI=1S/C21H19ClN2O5S/c22-15-5-3-4-14(12-15)19-23-20(21(29-19)24-8-1-2-9-24)30(25,26)16-6-7-17-18(13-16)28-11-10-27-17/h3-7,12-13H,1-2,8-11H2. The van der Waals surface area contributed by atoms with Gasteiger partial charge in [0.05, 0.1) is 4.90 Å². The normalized spacial score (nSPS) is 16.1. The Hall–Kier alpha value is -2.71. The van der Waals surface area contributed by atoms with Crippen molar-refractivity contribution in [2.45, 2.75) is 22.8 Å². The Bertz CT molecular complexity index is 1200. The van der Waals surface area contributed by atoms with Crippen molar-refractivity contribution in [1.82, 2.24) is 4.98 Å². The van der Waals surface area contributed by atoms with Crippen molar-refractivity contribution in [3.8, 4) is 23.0 Å². The number of hydrogen-bond donors (Lipinski definition) is 0. The largest absolute Gasteiger partial charge is 0.486 e. The monoisotopic (exact) mass is 446 g/mol. The number of rotatable bonds is 4. The molecule has 0 spiro atoms. The molecule has 0 atom stereocenters. The van der Waals surface area contributed by atoms with Crippen LogP contribution in [0.3, 0.4) is 0 Å². The molecule has 0 N–H and O–H groups in total. The fourth-order valence-electron chi connectivity index (χ4n) is 3.64. The topological polar surface area (TPSA) is 81.9 Å². The lowest BCUT2D eigenvalue weighted by molar-refractivity contribution is 0.171. The van der Waals surface area contributed by atoms with E-state index >= 15 is 0 Å². The number of halogens is 1. The van der Waals surface area contributed by atoms with Crippen LogP contribution in [0.2, 0.25) is 5.02 Å². The van der Waals surface area contributed by atoms with Crippen molar-refractivity contribution >= 4 is 27.3 Å². The fourth-order valence-corrected chi connectivity index (χ4v) is 5.17. The van der Waals surface area contributed by atoms with Crippen LogP contribution in [0.1, 0.15) is 12.8 Å². The summed E-state index contributed by atoms with van der Waals surface area (Å²) in [7, 11) is -3.95. The van der Waals surface area contributed by atoms with Crippen molar-refractivity contribution in [1.29, 1.82) is 0 Å². The second-order valence-corrected chi connectivity index (χ2v) is 9.44. The fraction of sp³-hybridized carbons (Fsp3) is 0.286. The van der Waals surface area contributed by atoms with Crippen molar-refractivity contribution in [3.63, 3.8) is 0 Å². The summed E-state index contributed by atoms with van der Waals surface area (Å²) in [5.41, 5.74) is 0.617. The number of aromatic nitrogens is 1. The first-order valence-electron chi connectivity index (χ1n) is 9.69. The molecule has 2 aliphatic heterocycles. The third kappa shape index (κ3) is 3.40. The van der Waals surface area contributed by atoms with Crippen molar-refractivity contribution in [2.75, 3.05) is 31.2 Å². The first-order valence-corrected chi connectivity index (χ1v) is 11.5. The van der Waals surface area contributed by atoms with E-state index in [2.05, 4.69) is 4.98 Å². The number of hydrogen-bond acceptors (Lipinski definition) is 7. The van der Waals surface area contributed by atoms with Crippen LogP contribution in [0, 0.1) is 0 Å². The van der Waals surface area contributed by atoms with Crippen LogP contribution in [-0.2, 0) is 9.84 Å². The van der Waals surface area contributed by atoms with E-state index in [-0.39, 0.29) is 21.7 Å². The van der Waals surface area contributed by atoms with Crippen LogP contribution >= 0.6 is 11.6 Å². The molecular formula is C21H19ClN2O5S. The Morgan fingerprint density at radius 3 is 2.50 bits per heavy atom. The van der Waals surface area contributed by atoms with E-state index in [1.54, 1.807) is 30.3 Å². The van der Waals surface area contributed by atoms with Crippen molar-refractivity contribution in [2.24, 2.45) is 0 Å². The van der Waals surface area contributed by atoms with E-state index in [9.17, 15) is 8.42 Å². The number of ether oxygens (including phenoxy) is 2. The average molecular weight is 447 g/mol. The van der Waals surface area contributed by atoms with Crippen LogP contribution in [-0.4, -0.2) is 39.7 Å². The highest BCUT2D eigenvalue weighted by Crippen LogP contribution is 2.39. The van der Waals surface area contributed by atoms with E-state index in [1.165, 1.54) is 12.1 Å². The molecular weight excluding hydrogens is 428 g/mol. The first-order chi connectivity index (χ1) is 14.5. The van der Waals surface area contributed by atoms with Gasteiger partial charge in [0.1, 0.15) is 13.2 Å². The molecule has 30 heavy (non-hydrogen) atoms. The van der Waals surface area contributed by atoms with Gasteiger partial charge in [0.25, 0.3) is 0 Å². The molecule has 1 saturated heterocycles. The van der Waals surface area contributed by atoms with Gasteiger partial charge >= 0.3 is 0 Å². The lowest BCUT2D eigenvalue weighted by atomic mass is 10.2. The van der Waals surface area contributed by atoms with Gasteiger partial charge in [0.2, 0.25) is 26.6 Å². The molecule has 0 saturated carbocycles. The molecule has 0 radical (unpaired) electrons. The molecule has 0 unspecified atom stereocenters. The van der Waals surface area contributed by atoms with Gasteiger partial charge in [-0.25, -0.2) is 8.42 Å². The van der Waals surface area contributed by atoms with Gasteiger partial charge in [-0.05, 0) is 43.2 Å². The zero-order valence-corrected chi connectivity index (χ0v) is 17.6. The number of nitrogens with zero attached hydrogens (tertiary/aromatic N) is 2. The van der Waals surface area contributed by atoms with Gasteiger partial charge in [-0.1, -0.05) is 17.7 Å². The van der Waals surface area contributed by atoms with E-state index in [1.807, 2.05) is 4.90 Å². The maximum Gasteiger partial charge on any atom is 0.236 e. The molecule has 0 aliphatic carbocycles. The van der Waals surface area contributed by atoms with E-state index in [0.29, 0.717) is 48.4 Å². The Labute approximate surface area is 179 Å². The van der Waals surface area contributed by atoms with Crippen LogP contribution in [0.4, 0.5) is 5.88 Å².